The maximum absolute atomic E-state index is 6.97. The number of rotatable bonds is 5. The molecule has 9 aromatic rings. The fourth-order valence-corrected chi connectivity index (χ4v) is 8.27. The van der Waals surface area contributed by atoms with Crippen molar-refractivity contribution in [1.82, 2.24) is 0 Å². The molecule has 0 atom stereocenters. The first kappa shape index (κ1) is 32.8. The lowest BCUT2D eigenvalue weighted by Gasteiger charge is -2.36. The van der Waals surface area contributed by atoms with E-state index in [-0.39, 0.29) is 0 Å². The molecular formula is C51H39NO3. The van der Waals surface area contributed by atoms with Crippen LogP contribution in [0.25, 0.3) is 66.8 Å². The van der Waals surface area contributed by atoms with E-state index in [0.717, 1.165) is 84.3 Å². The number of para-hydroxylation sites is 2. The zero-order valence-electron chi connectivity index (χ0n) is 31.5. The molecule has 0 N–H and O–H groups in total. The van der Waals surface area contributed by atoms with Crippen LogP contribution in [0.15, 0.2) is 154 Å². The van der Waals surface area contributed by atoms with Gasteiger partial charge in [0.05, 0.1) is 17.1 Å². The summed E-state index contributed by atoms with van der Waals surface area (Å²) in [5.41, 5.74) is 17.4. The van der Waals surface area contributed by atoms with Gasteiger partial charge in [-0.3, -0.25) is 0 Å². The van der Waals surface area contributed by atoms with Crippen molar-refractivity contribution in [3.05, 3.63) is 173 Å². The van der Waals surface area contributed by atoms with Gasteiger partial charge in [-0.25, -0.2) is 0 Å². The van der Waals surface area contributed by atoms with Crippen LogP contribution in [-0.2, 0) is 0 Å². The Morgan fingerprint density at radius 3 is 1.33 bits per heavy atom. The minimum Gasteiger partial charge on any atom is -0.456 e. The van der Waals surface area contributed by atoms with Gasteiger partial charge in [0, 0.05) is 33.0 Å². The lowest BCUT2D eigenvalue weighted by molar-refractivity contribution is 0.477. The van der Waals surface area contributed by atoms with E-state index in [1.165, 1.54) is 38.9 Å². The number of anilines is 3. The van der Waals surface area contributed by atoms with Gasteiger partial charge >= 0.3 is 0 Å². The minimum absolute atomic E-state index is 0.742. The number of ether oxygens (including phenoxy) is 1. The summed E-state index contributed by atoms with van der Waals surface area (Å²) in [6.07, 6.45) is 0. The van der Waals surface area contributed by atoms with Crippen LogP contribution in [0, 0.1) is 34.6 Å². The molecule has 0 radical (unpaired) electrons. The largest absolute Gasteiger partial charge is 0.456 e. The molecule has 0 unspecified atom stereocenters. The topological polar surface area (TPSA) is 38.8 Å². The van der Waals surface area contributed by atoms with Gasteiger partial charge in [0.2, 0.25) is 0 Å². The fourth-order valence-electron chi connectivity index (χ4n) is 8.27. The second-order valence-corrected chi connectivity index (χ2v) is 14.9. The third-order valence-electron chi connectivity index (χ3n) is 10.9. The summed E-state index contributed by atoms with van der Waals surface area (Å²) >= 11 is 0. The van der Waals surface area contributed by atoms with Crippen LogP contribution in [0.5, 0.6) is 11.5 Å². The van der Waals surface area contributed by atoms with Crippen LogP contribution in [-0.4, -0.2) is 0 Å². The van der Waals surface area contributed by atoms with E-state index in [0.29, 0.717) is 0 Å². The molecule has 266 valence electrons. The highest BCUT2D eigenvalue weighted by Crippen LogP contribution is 2.57. The predicted molar refractivity (Wildman–Crippen MR) is 226 cm³/mol. The molecule has 0 bridgehead atoms. The Labute approximate surface area is 320 Å². The second kappa shape index (κ2) is 12.7. The van der Waals surface area contributed by atoms with Crippen molar-refractivity contribution in [3.63, 3.8) is 0 Å². The molecular weight excluding hydrogens is 675 g/mol. The van der Waals surface area contributed by atoms with Crippen molar-refractivity contribution >= 4 is 39.0 Å². The van der Waals surface area contributed by atoms with Gasteiger partial charge < -0.3 is 18.5 Å². The van der Waals surface area contributed by atoms with Crippen LogP contribution in [0.1, 0.15) is 27.8 Å². The summed E-state index contributed by atoms with van der Waals surface area (Å²) in [6.45, 7) is 10.9. The SMILES string of the molecule is Cc1ccc(-c2cc(C)cc(-c3ccc(C)cc3C)c2N2c3ccc(-c4cc5ccccc5o4)cc3Oc3cc(-c4cc5ccccc5o4)ccc32)c(C)c1. The molecule has 0 spiro atoms. The first-order valence-corrected chi connectivity index (χ1v) is 18.8. The van der Waals surface area contributed by atoms with Crippen molar-refractivity contribution in [2.24, 2.45) is 0 Å². The maximum Gasteiger partial charge on any atom is 0.152 e. The average molecular weight is 714 g/mol. The molecule has 0 amide bonds. The van der Waals surface area contributed by atoms with Crippen LogP contribution in [0.2, 0.25) is 0 Å². The highest BCUT2D eigenvalue weighted by atomic mass is 16.5. The van der Waals surface area contributed by atoms with Crippen LogP contribution >= 0.6 is 0 Å². The Balaban J connectivity index is 1.25. The van der Waals surface area contributed by atoms with Crippen molar-refractivity contribution in [2.75, 3.05) is 4.90 Å². The van der Waals surface area contributed by atoms with Gasteiger partial charge in [-0.1, -0.05) is 83.9 Å². The molecule has 0 saturated heterocycles. The van der Waals surface area contributed by atoms with Crippen molar-refractivity contribution < 1.29 is 13.6 Å². The average Bonchev–Trinajstić information content (AvgIpc) is 3.82. The molecule has 55 heavy (non-hydrogen) atoms. The molecule has 4 nitrogen and oxygen atoms in total. The van der Waals surface area contributed by atoms with Gasteiger partial charge in [-0.05, 0) is 135 Å². The lowest BCUT2D eigenvalue weighted by Crippen LogP contribution is -2.18. The molecule has 1 aliphatic heterocycles. The molecule has 0 fully saturated rings. The first-order chi connectivity index (χ1) is 26.8. The number of fused-ring (bicyclic) bond motifs is 4. The highest BCUT2D eigenvalue weighted by molar-refractivity contribution is 6.02. The summed E-state index contributed by atoms with van der Waals surface area (Å²) < 4.78 is 19.7. The summed E-state index contributed by atoms with van der Waals surface area (Å²) in [4.78, 5) is 2.40. The van der Waals surface area contributed by atoms with Crippen molar-refractivity contribution in [3.8, 4) is 56.4 Å². The Bertz CT molecular complexity index is 2720. The third kappa shape index (κ3) is 5.61. The van der Waals surface area contributed by atoms with E-state index in [4.69, 9.17) is 13.6 Å². The standard InChI is InChI=1S/C51H39NO3/c1-30-14-18-39(33(4)22-30)41-24-32(3)25-42(40-19-15-31(2)23-34(40)5)51(41)52-43-20-16-37(47-26-35-10-6-8-12-45(35)53-47)28-49(43)55-50-29-38(17-21-44(50)52)48-27-36-11-7-9-13-46(36)54-48/h6-29H,1-5H3. The van der Waals surface area contributed by atoms with Crippen LogP contribution in [0.3, 0.4) is 0 Å². The molecule has 7 aromatic carbocycles. The number of benzene rings is 7. The highest BCUT2D eigenvalue weighted by Gasteiger charge is 2.32. The first-order valence-electron chi connectivity index (χ1n) is 18.8. The zero-order valence-corrected chi connectivity index (χ0v) is 31.5. The zero-order chi connectivity index (χ0) is 37.4. The minimum atomic E-state index is 0.742. The van der Waals surface area contributed by atoms with E-state index in [9.17, 15) is 0 Å². The van der Waals surface area contributed by atoms with E-state index in [1.807, 2.05) is 36.4 Å². The fraction of sp³-hybridized carbons (Fsp3) is 0.0980. The monoisotopic (exact) mass is 713 g/mol. The van der Waals surface area contributed by atoms with Crippen LogP contribution in [0.4, 0.5) is 17.1 Å². The summed E-state index contributed by atoms with van der Waals surface area (Å²) in [7, 11) is 0. The van der Waals surface area contributed by atoms with Crippen molar-refractivity contribution in [1.29, 1.82) is 0 Å². The van der Waals surface area contributed by atoms with E-state index < -0.39 is 0 Å². The van der Waals surface area contributed by atoms with E-state index in [1.54, 1.807) is 0 Å². The second-order valence-electron chi connectivity index (χ2n) is 14.9. The third-order valence-corrected chi connectivity index (χ3v) is 10.9. The lowest BCUT2D eigenvalue weighted by atomic mass is 9.88. The van der Waals surface area contributed by atoms with Crippen molar-refractivity contribution in [2.45, 2.75) is 34.6 Å². The molecule has 10 rings (SSSR count). The molecule has 0 aliphatic carbocycles. The van der Waals surface area contributed by atoms with Gasteiger partial charge in [0.25, 0.3) is 0 Å². The number of hydrogen-bond donors (Lipinski definition) is 0. The van der Waals surface area contributed by atoms with Gasteiger partial charge in [-0.2, -0.15) is 0 Å². The van der Waals surface area contributed by atoms with Crippen LogP contribution < -0.4 is 9.64 Å². The summed E-state index contributed by atoms with van der Waals surface area (Å²) in [5, 5.41) is 2.13. The number of nitrogens with zero attached hydrogens (tertiary/aromatic N) is 1. The normalized spacial score (nSPS) is 12.2. The smallest absolute Gasteiger partial charge is 0.152 e. The molecule has 4 heteroatoms. The summed E-state index contributed by atoms with van der Waals surface area (Å²) in [5.74, 6) is 3.07. The summed E-state index contributed by atoms with van der Waals surface area (Å²) in [6, 6.07) is 51.5. The molecule has 0 saturated carbocycles. The maximum atomic E-state index is 6.97. The predicted octanol–water partition coefficient (Wildman–Crippen LogP) is 15.0. The molecule has 3 heterocycles. The van der Waals surface area contributed by atoms with Gasteiger partial charge in [0.1, 0.15) is 22.7 Å². The van der Waals surface area contributed by atoms with Gasteiger partial charge in [0.15, 0.2) is 11.5 Å². The Kier molecular flexibility index (Phi) is 7.57. The van der Waals surface area contributed by atoms with E-state index in [2.05, 4.69) is 149 Å². The number of hydrogen-bond acceptors (Lipinski definition) is 4. The Morgan fingerprint density at radius 2 is 0.873 bits per heavy atom. The molecule has 1 aliphatic rings. The van der Waals surface area contributed by atoms with Gasteiger partial charge in [-0.15, -0.1) is 0 Å². The number of aryl methyl sites for hydroxylation is 5. The van der Waals surface area contributed by atoms with E-state index >= 15 is 0 Å². The Morgan fingerprint density at radius 1 is 0.400 bits per heavy atom. The molecule has 2 aromatic heterocycles. The Hall–Kier alpha value is -6.78. The number of furan rings is 2. The quantitative estimate of drug-likeness (QED) is 0.178.